The fraction of sp³-hybridized carbons (Fsp3) is 0.600. The van der Waals surface area contributed by atoms with E-state index in [4.69, 9.17) is 5.11 Å². The summed E-state index contributed by atoms with van der Waals surface area (Å²) < 4.78 is 74.1. The molecule has 7 heteroatoms. The van der Waals surface area contributed by atoms with Gasteiger partial charge in [-0.1, -0.05) is 25.2 Å². The summed E-state index contributed by atoms with van der Waals surface area (Å²) in [5.41, 5.74) is -1.06. The molecule has 0 heterocycles. The topological polar surface area (TPSA) is 20.2 Å². The Hall–Kier alpha value is -0.980. The molecule has 0 aromatic rings. The minimum absolute atomic E-state index is 0.726. The van der Waals surface area contributed by atoms with Gasteiger partial charge in [0.05, 0.1) is 0 Å². The number of hydrogen-bond acceptors (Lipinski definition) is 1. The van der Waals surface area contributed by atoms with Crippen LogP contribution in [0.3, 0.4) is 0 Å². The van der Waals surface area contributed by atoms with Gasteiger partial charge >= 0.3 is 12.4 Å². The molecule has 1 nitrogen and oxygen atoms in total. The third kappa shape index (κ3) is 3.02. The van der Waals surface area contributed by atoms with Crippen LogP contribution in [-0.4, -0.2) is 23.6 Å². The second kappa shape index (κ2) is 4.36. The fourth-order valence-corrected chi connectivity index (χ4v) is 1.76. The molecule has 0 radical (unpaired) electrons. The van der Waals surface area contributed by atoms with Gasteiger partial charge in [0.2, 0.25) is 0 Å². The van der Waals surface area contributed by atoms with Crippen LogP contribution in [0.2, 0.25) is 0 Å². The van der Waals surface area contributed by atoms with Crippen molar-refractivity contribution in [3.05, 3.63) is 23.8 Å². The lowest BCUT2D eigenvalue weighted by Gasteiger charge is -2.31. The molecule has 1 N–H and O–H groups in total. The molecule has 0 bridgehead atoms. The molecule has 1 aliphatic rings. The standard InChI is InChI=1S/C10H10F6O/c1-5-6(8(17)10(14,15)16)3-2-4-7(5)9(11,12)13/h2-6,8,17H,1H3. The van der Waals surface area contributed by atoms with Crippen LogP contribution in [0, 0.1) is 11.8 Å². The van der Waals surface area contributed by atoms with Gasteiger partial charge in [-0.05, 0) is 5.92 Å². The highest BCUT2D eigenvalue weighted by atomic mass is 19.4. The molecule has 3 atom stereocenters. The Balaban J connectivity index is 2.96. The molecule has 3 unspecified atom stereocenters. The van der Waals surface area contributed by atoms with Gasteiger partial charge in [-0.15, -0.1) is 0 Å². The lowest BCUT2D eigenvalue weighted by molar-refractivity contribution is -0.219. The number of alkyl halides is 6. The SMILES string of the molecule is CC1C(C(F)(F)F)=CC=CC1C(O)C(F)(F)F. The van der Waals surface area contributed by atoms with E-state index in [1.54, 1.807) is 0 Å². The van der Waals surface area contributed by atoms with Crippen molar-refractivity contribution in [3.63, 3.8) is 0 Å². The maximum absolute atomic E-state index is 12.5. The summed E-state index contributed by atoms with van der Waals surface area (Å²) in [5.74, 6) is -3.05. The first-order valence-electron chi connectivity index (χ1n) is 4.75. The van der Waals surface area contributed by atoms with Gasteiger partial charge in [0, 0.05) is 11.5 Å². The van der Waals surface area contributed by atoms with Crippen LogP contribution >= 0.6 is 0 Å². The van der Waals surface area contributed by atoms with Gasteiger partial charge in [-0.3, -0.25) is 0 Å². The van der Waals surface area contributed by atoms with Crippen molar-refractivity contribution < 1.29 is 31.4 Å². The summed E-state index contributed by atoms with van der Waals surface area (Å²) in [6.45, 7) is 1.02. The largest absolute Gasteiger partial charge is 0.414 e. The van der Waals surface area contributed by atoms with E-state index >= 15 is 0 Å². The number of halogens is 6. The summed E-state index contributed by atoms with van der Waals surface area (Å²) in [7, 11) is 0. The lowest BCUT2D eigenvalue weighted by atomic mass is 9.79. The molecule has 17 heavy (non-hydrogen) atoms. The molecule has 1 rings (SSSR count). The van der Waals surface area contributed by atoms with Crippen molar-refractivity contribution in [2.24, 2.45) is 11.8 Å². The highest BCUT2D eigenvalue weighted by Crippen LogP contribution is 2.41. The van der Waals surface area contributed by atoms with Gasteiger partial charge in [-0.2, -0.15) is 26.3 Å². The molecule has 1 aliphatic carbocycles. The highest BCUT2D eigenvalue weighted by Gasteiger charge is 2.49. The lowest BCUT2D eigenvalue weighted by Crippen LogP contribution is -2.40. The van der Waals surface area contributed by atoms with Gasteiger partial charge in [0.1, 0.15) is 0 Å². The number of allylic oxidation sites excluding steroid dienone is 3. The van der Waals surface area contributed by atoms with Crippen molar-refractivity contribution >= 4 is 0 Å². The smallest absolute Gasteiger partial charge is 0.383 e. The van der Waals surface area contributed by atoms with E-state index in [1.165, 1.54) is 0 Å². The number of aliphatic hydroxyl groups is 1. The molecule has 0 aromatic heterocycles. The highest BCUT2D eigenvalue weighted by molar-refractivity contribution is 5.27. The first-order chi connectivity index (χ1) is 7.55. The van der Waals surface area contributed by atoms with Crippen molar-refractivity contribution in [2.45, 2.75) is 25.4 Å². The van der Waals surface area contributed by atoms with Gasteiger partial charge in [0.15, 0.2) is 6.10 Å². The van der Waals surface area contributed by atoms with E-state index < -0.39 is 35.9 Å². The predicted octanol–water partition coefficient (Wildman–Crippen LogP) is 3.22. The average Bonchev–Trinajstić information content (AvgIpc) is 2.13. The Labute approximate surface area is 93.4 Å². The number of hydrogen-bond donors (Lipinski definition) is 1. The van der Waals surface area contributed by atoms with Crippen molar-refractivity contribution in [2.75, 3.05) is 0 Å². The molecule has 0 fully saturated rings. The third-order valence-corrected chi connectivity index (χ3v) is 2.70. The second-order valence-corrected chi connectivity index (χ2v) is 3.86. The molecule has 0 saturated carbocycles. The average molecular weight is 260 g/mol. The third-order valence-electron chi connectivity index (χ3n) is 2.70. The number of aliphatic hydroxyl groups excluding tert-OH is 1. The van der Waals surface area contributed by atoms with Crippen molar-refractivity contribution in [3.8, 4) is 0 Å². The van der Waals surface area contributed by atoms with E-state index in [2.05, 4.69) is 0 Å². The van der Waals surface area contributed by atoms with E-state index in [9.17, 15) is 26.3 Å². The van der Waals surface area contributed by atoms with Crippen LogP contribution in [0.5, 0.6) is 0 Å². The van der Waals surface area contributed by atoms with Crippen LogP contribution in [0.15, 0.2) is 23.8 Å². The Kier molecular flexibility index (Phi) is 3.61. The molecular weight excluding hydrogens is 250 g/mol. The molecule has 98 valence electrons. The van der Waals surface area contributed by atoms with Crippen LogP contribution < -0.4 is 0 Å². The van der Waals surface area contributed by atoms with Crippen LogP contribution in [0.4, 0.5) is 26.3 Å². The molecule has 0 saturated heterocycles. The summed E-state index contributed by atoms with van der Waals surface area (Å²) in [5, 5.41) is 8.99. The van der Waals surface area contributed by atoms with Crippen molar-refractivity contribution in [1.29, 1.82) is 0 Å². The molecule has 0 aromatic carbocycles. The van der Waals surface area contributed by atoms with Crippen molar-refractivity contribution in [1.82, 2.24) is 0 Å². The number of rotatable bonds is 1. The van der Waals surface area contributed by atoms with Gasteiger partial charge in [-0.25, -0.2) is 0 Å². The summed E-state index contributed by atoms with van der Waals surface area (Å²) in [6.07, 6.45) is -9.85. The van der Waals surface area contributed by atoms with E-state index in [0.29, 0.717) is 0 Å². The zero-order valence-electron chi connectivity index (χ0n) is 8.68. The summed E-state index contributed by atoms with van der Waals surface area (Å²) in [4.78, 5) is 0. The maximum Gasteiger partial charge on any atom is 0.414 e. The second-order valence-electron chi connectivity index (χ2n) is 3.86. The quantitative estimate of drug-likeness (QED) is 0.718. The van der Waals surface area contributed by atoms with E-state index in [-0.39, 0.29) is 0 Å². The maximum atomic E-state index is 12.5. The molecule has 0 spiro atoms. The summed E-state index contributed by atoms with van der Waals surface area (Å²) in [6, 6.07) is 0. The Morgan fingerprint density at radius 2 is 1.71 bits per heavy atom. The van der Waals surface area contributed by atoms with E-state index in [1.807, 2.05) is 0 Å². The first-order valence-corrected chi connectivity index (χ1v) is 4.75. The minimum Gasteiger partial charge on any atom is -0.383 e. The molecule has 0 amide bonds. The van der Waals surface area contributed by atoms with Crippen LogP contribution in [-0.2, 0) is 0 Å². The van der Waals surface area contributed by atoms with Gasteiger partial charge in [0.25, 0.3) is 0 Å². The monoisotopic (exact) mass is 260 g/mol. The summed E-state index contributed by atoms with van der Waals surface area (Å²) >= 11 is 0. The van der Waals surface area contributed by atoms with Crippen LogP contribution in [0.1, 0.15) is 6.92 Å². The Morgan fingerprint density at radius 3 is 2.12 bits per heavy atom. The van der Waals surface area contributed by atoms with Gasteiger partial charge < -0.3 is 5.11 Å². The molecular formula is C10H10F6O. The fourth-order valence-electron chi connectivity index (χ4n) is 1.76. The zero-order valence-corrected chi connectivity index (χ0v) is 8.68. The Bertz CT molecular complexity index is 338. The first kappa shape index (κ1) is 14.1. The molecule has 0 aliphatic heterocycles. The minimum atomic E-state index is -4.93. The normalized spacial score (nSPS) is 27.9. The predicted molar refractivity (Wildman–Crippen MR) is 48.0 cm³/mol. The zero-order chi connectivity index (χ0) is 13.4. The van der Waals surface area contributed by atoms with Crippen LogP contribution in [0.25, 0.3) is 0 Å². The Morgan fingerprint density at radius 1 is 1.18 bits per heavy atom. The van der Waals surface area contributed by atoms with E-state index in [0.717, 1.165) is 25.2 Å².